The van der Waals surface area contributed by atoms with Crippen molar-refractivity contribution in [3.63, 3.8) is 0 Å². The Hall–Kier alpha value is -1.87. The zero-order valence-corrected chi connectivity index (χ0v) is 12.5. The van der Waals surface area contributed by atoms with Crippen molar-refractivity contribution in [1.82, 2.24) is 9.38 Å². The van der Waals surface area contributed by atoms with E-state index in [1.807, 2.05) is 0 Å². The van der Waals surface area contributed by atoms with Gasteiger partial charge in [-0.15, -0.1) is 0 Å². The number of fused-ring (bicyclic) bond motifs is 3. The minimum atomic E-state index is 1.02. The number of imidazole rings is 1. The zero-order valence-electron chi connectivity index (χ0n) is 10.9. The Labute approximate surface area is 125 Å². The van der Waals surface area contributed by atoms with Crippen molar-refractivity contribution >= 4 is 27.7 Å². The molecule has 0 amide bonds. The van der Waals surface area contributed by atoms with E-state index in [9.17, 15) is 0 Å². The number of pyridine rings is 1. The lowest BCUT2D eigenvalue weighted by atomic mass is 9.99. The molecule has 0 aliphatic heterocycles. The molecule has 0 bridgehead atoms. The van der Waals surface area contributed by atoms with Crippen LogP contribution in [0.5, 0.6) is 0 Å². The summed E-state index contributed by atoms with van der Waals surface area (Å²) in [5.74, 6) is 0. The Morgan fingerprint density at radius 2 is 1.95 bits per heavy atom. The largest absolute Gasteiger partial charge is 0.306 e. The second-order valence-corrected chi connectivity index (χ2v) is 5.98. The molecule has 0 saturated carbocycles. The standard InChI is InChI=1S/C17H13BrN2/c18-14-7-5-13(6-8-14)16-11-20-10-9-12-3-1-2-4-15(12)17(20)19-16/h2,4-11H,1,3H2. The minimum Gasteiger partial charge on any atom is -0.306 e. The monoisotopic (exact) mass is 324 g/mol. The summed E-state index contributed by atoms with van der Waals surface area (Å²) in [5, 5.41) is 0. The third kappa shape index (κ3) is 1.90. The molecule has 98 valence electrons. The third-order valence-electron chi connectivity index (χ3n) is 3.76. The summed E-state index contributed by atoms with van der Waals surface area (Å²) in [6, 6.07) is 10.5. The first-order valence-corrected chi connectivity index (χ1v) is 7.54. The van der Waals surface area contributed by atoms with Gasteiger partial charge >= 0.3 is 0 Å². The van der Waals surface area contributed by atoms with Crippen molar-refractivity contribution in [3.8, 4) is 11.3 Å². The van der Waals surface area contributed by atoms with Crippen molar-refractivity contribution in [2.24, 2.45) is 0 Å². The molecule has 0 saturated heterocycles. The highest BCUT2D eigenvalue weighted by molar-refractivity contribution is 9.10. The van der Waals surface area contributed by atoms with Crippen LogP contribution >= 0.6 is 15.9 Å². The van der Waals surface area contributed by atoms with Gasteiger partial charge in [-0.2, -0.15) is 0 Å². The Kier molecular flexibility index (Phi) is 2.74. The maximum absolute atomic E-state index is 4.82. The number of hydrogen-bond acceptors (Lipinski definition) is 1. The number of hydrogen-bond donors (Lipinski definition) is 0. The molecule has 1 aliphatic rings. The molecular formula is C17H13BrN2. The Morgan fingerprint density at radius 1 is 1.10 bits per heavy atom. The van der Waals surface area contributed by atoms with Crippen LogP contribution in [0.2, 0.25) is 0 Å². The van der Waals surface area contributed by atoms with Gasteiger partial charge in [-0.05, 0) is 36.6 Å². The van der Waals surface area contributed by atoms with Crippen molar-refractivity contribution in [2.45, 2.75) is 12.8 Å². The van der Waals surface area contributed by atoms with Gasteiger partial charge < -0.3 is 4.40 Å². The molecule has 2 aromatic heterocycles. The summed E-state index contributed by atoms with van der Waals surface area (Å²) in [7, 11) is 0. The predicted molar refractivity (Wildman–Crippen MR) is 85.7 cm³/mol. The van der Waals surface area contributed by atoms with Gasteiger partial charge in [0.1, 0.15) is 5.65 Å². The predicted octanol–water partition coefficient (Wildman–Crippen LogP) is 4.72. The van der Waals surface area contributed by atoms with Crippen LogP contribution in [-0.4, -0.2) is 9.38 Å². The van der Waals surface area contributed by atoms with E-state index >= 15 is 0 Å². The van der Waals surface area contributed by atoms with E-state index in [-0.39, 0.29) is 0 Å². The molecule has 2 nitrogen and oxygen atoms in total. The van der Waals surface area contributed by atoms with Crippen LogP contribution in [0.4, 0.5) is 0 Å². The fourth-order valence-electron chi connectivity index (χ4n) is 2.71. The van der Waals surface area contributed by atoms with Gasteiger partial charge in [0.15, 0.2) is 0 Å². The number of rotatable bonds is 1. The number of allylic oxidation sites excluding steroid dienone is 1. The SMILES string of the molecule is Brc1ccc(-c2cn3ccc4c(c3n2)C=CCC4)cc1. The number of halogens is 1. The quantitative estimate of drug-likeness (QED) is 0.633. The second kappa shape index (κ2) is 4.60. The molecule has 3 heteroatoms. The lowest BCUT2D eigenvalue weighted by Crippen LogP contribution is -1.97. The van der Waals surface area contributed by atoms with E-state index < -0.39 is 0 Å². The van der Waals surface area contributed by atoms with Crippen LogP contribution in [0, 0.1) is 0 Å². The third-order valence-corrected chi connectivity index (χ3v) is 4.29. The zero-order chi connectivity index (χ0) is 13.5. The van der Waals surface area contributed by atoms with E-state index in [1.165, 1.54) is 11.1 Å². The molecule has 1 aromatic carbocycles. The summed E-state index contributed by atoms with van der Waals surface area (Å²) >= 11 is 3.47. The van der Waals surface area contributed by atoms with Crippen LogP contribution in [0.1, 0.15) is 17.5 Å². The molecule has 2 heterocycles. The molecule has 0 atom stereocenters. The highest BCUT2D eigenvalue weighted by Gasteiger charge is 2.12. The Bertz CT molecular complexity index is 813. The molecule has 3 aromatic rings. The first-order chi connectivity index (χ1) is 9.81. The first-order valence-electron chi connectivity index (χ1n) is 6.74. The fourth-order valence-corrected chi connectivity index (χ4v) is 2.97. The van der Waals surface area contributed by atoms with Gasteiger partial charge in [0.25, 0.3) is 0 Å². The molecule has 4 rings (SSSR count). The number of aryl methyl sites for hydroxylation is 1. The second-order valence-electron chi connectivity index (χ2n) is 5.06. The topological polar surface area (TPSA) is 17.3 Å². The summed E-state index contributed by atoms with van der Waals surface area (Å²) in [6.45, 7) is 0. The number of nitrogens with zero attached hydrogens (tertiary/aromatic N) is 2. The van der Waals surface area contributed by atoms with Crippen LogP contribution in [-0.2, 0) is 6.42 Å². The average molecular weight is 325 g/mol. The summed E-state index contributed by atoms with van der Waals surface area (Å²) in [4.78, 5) is 4.82. The Balaban J connectivity index is 1.91. The van der Waals surface area contributed by atoms with Gasteiger partial charge in [-0.25, -0.2) is 4.98 Å². The fraction of sp³-hybridized carbons (Fsp3) is 0.118. The van der Waals surface area contributed by atoms with Gasteiger partial charge in [-0.1, -0.05) is 40.2 Å². The van der Waals surface area contributed by atoms with Gasteiger partial charge in [-0.3, -0.25) is 0 Å². The van der Waals surface area contributed by atoms with Crippen molar-refractivity contribution in [3.05, 3.63) is 64.4 Å². The maximum atomic E-state index is 4.82. The lowest BCUT2D eigenvalue weighted by Gasteiger charge is -2.10. The molecule has 0 fully saturated rings. The normalized spacial score (nSPS) is 13.7. The molecular weight excluding hydrogens is 312 g/mol. The van der Waals surface area contributed by atoms with Crippen molar-refractivity contribution in [2.75, 3.05) is 0 Å². The minimum absolute atomic E-state index is 1.02. The number of aromatic nitrogens is 2. The summed E-state index contributed by atoms with van der Waals surface area (Å²) < 4.78 is 3.21. The molecule has 0 radical (unpaired) electrons. The first kappa shape index (κ1) is 11.9. The number of benzene rings is 1. The van der Waals surface area contributed by atoms with Crippen LogP contribution in [0.15, 0.2) is 53.3 Å². The highest BCUT2D eigenvalue weighted by atomic mass is 79.9. The van der Waals surface area contributed by atoms with Crippen LogP contribution in [0.3, 0.4) is 0 Å². The molecule has 0 unspecified atom stereocenters. The lowest BCUT2D eigenvalue weighted by molar-refractivity contribution is 0.974. The van der Waals surface area contributed by atoms with E-state index in [1.54, 1.807) is 0 Å². The summed E-state index contributed by atoms with van der Waals surface area (Å²) in [6.07, 6.45) is 10.9. The maximum Gasteiger partial charge on any atom is 0.145 e. The smallest absolute Gasteiger partial charge is 0.145 e. The van der Waals surface area contributed by atoms with Crippen molar-refractivity contribution in [1.29, 1.82) is 0 Å². The van der Waals surface area contributed by atoms with Gasteiger partial charge in [0.05, 0.1) is 5.69 Å². The van der Waals surface area contributed by atoms with E-state index in [4.69, 9.17) is 4.98 Å². The molecule has 0 N–H and O–H groups in total. The molecule has 0 spiro atoms. The van der Waals surface area contributed by atoms with Crippen LogP contribution in [0.25, 0.3) is 23.0 Å². The van der Waals surface area contributed by atoms with E-state index in [0.717, 1.165) is 34.2 Å². The van der Waals surface area contributed by atoms with Gasteiger partial charge in [0.2, 0.25) is 0 Å². The van der Waals surface area contributed by atoms with Crippen molar-refractivity contribution < 1.29 is 0 Å². The van der Waals surface area contributed by atoms with Crippen LogP contribution < -0.4 is 0 Å². The molecule has 20 heavy (non-hydrogen) atoms. The highest BCUT2D eigenvalue weighted by Crippen LogP contribution is 2.27. The van der Waals surface area contributed by atoms with E-state index in [0.29, 0.717) is 0 Å². The summed E-state index contributed by atoms with van der Waals surface area (Å²) in [5.41, 5.74) is 5.88. The Morgan fingerprint density at radius 3 is 2.80 bits per heavy atom. The average Bonchev–Trinajstić information content (AvgIpc) is 2.92. The van der Waals surface area contributed by atoms with Gasteiger partial charge in [0, 0.05) is 28.0 Å². The van der Waals surface area contributed by atoms with E-state index in [2.05, 4.69) is 75.2 Å². The molecule has 1 aliphatic carbocycles.